The van der Waals surface area contributed by atoms with E-state index < -0.39 is 0 Å². The molecule has 0 fully saturated rings. The van der Waals surface area contributed by atoms with Crippen LogP contribution in [0.1, 0.15) is 379 Å². The molecule has 0 aliphatic carbocycles. The van der Waals surface area contributed by atoms with Gasteiger partial charge >= 0.3 is 0 Å². The van der Waals surface area contributed by atoms with Gasteiger partial charge < -0.3 is 0 Å². The Hall–Kier alpha value is -2.69. The van der Waals surface area contributed by atoms with Crippen molar-refractivity contribution in [2.45, 2.75) is 381 Å². The van der Waals surface area contributed by atoms with Gasteiger partial charge in [0.25, 0.3) is 0 Å². The molecule has 0 unspecified atom stereocenters. The Bertz CT molecular complexity index is 1840. The molecule has 2 nitrogen and oxygen atoms in total. The molecule has 0 aliphatic rings. The summed E-state index contributed by atoms with van der Waals surface area (Å²) in [5.74, 6) is 7.26. The maximum absolute atomic E-state index is 5.51. The Morgan fingerprint density at radius 2 is 0.598 bits per heavy atom. The monoisotopic (exact) mass is 1170 g/mol. The van der Waals surface area contributed by atoms with Gasteiger partial charge in [0.2, 0.25) is 0 Å². The first-order valence-corrected chi connectivity index (χ1v) is 36.3. The van der Waals surface area contributed by atoms with Gasteiger partial charge in [-0.2, -0.15) is 0 Å². The van der Waals surface area contributed by atoms with Gasteiger partial charge in [-0.3, -0.25) is 4.99 Å². The molecule has 0 bridgehead atoms. The van der Waals surface area contributed by atoms with Crippen molar-refractivity contribution >= 4 is 22.8 Å². The van der Waals surface area contributed by atoms with Crippen molar-refractivity contribution in [2.24, 2.45) is 9.98 Å². The number of rotatable bonds is 59. The molecule has 0 amide bonds. The number of allylic oxidation sites excluding steroid dienone is 4. The van der Waals surface area contributed by atoms with Crippen molar-refractivity contribution in [3.8, 4) is 11.8 Å². The van der Waals surface area contributed by atoms with E-state index in [0.717, 1.165) is 93.4 Å². The Labute approximate surface area is 522 Å². The second-order valence-electron chi connectivity index (χ2n) is 24.9. The molecule has 0 radical (unpaired) electrons. The van der Waals surface area contributed by atoms with E-state index in [2.05, 4.69) is 112 Å². The third-order valence-electron chi connectivity index (χ3n) is 17.0. The van der Waals surface area contributed by atoms with Crippen LogP contribution >= 0.6 is 0 Å². The average molecular weight is 1170 g/mol. The van der Waals surface area contributed by atoms with Crippen molar-refractivity contribution < 1.29 is 16.5 Å². The zero-order valence-corrected chi connectivity index (χ0v) is 56.0. The van der Waals surface area contributed by atoms with Crippen LogP contribution in [0.5, 0.6) is 0 Å². The summed E-state index contributed by atoms with van der Waals surface area (Å²) < 4.78 is 0. The number of aliphatic imine (C=N–C) groups is 2. The van der Waals surface area contributed by atoms with Gasteiger partial charge in [0.15, 0.2) is 0 Å². The summed E-state index contributed by atoms with van der Waals surface area (Å²) in [6.45, 7) is 9.21. The molecule has 0 aliphatic heterocycles. The van der Waals surface area contributed by atoms with E-state index in [0.29, 0.717) is 0 Å². The Morgan fingerprint density at radius 1 is 0.317 bits per heavy atom. The zero-order chi connectivity index (χ0) is 57.7. The molecule has 2 rings (SSSR count). The Morgan fingerprint density at radius 3 is 0.939 bits per heavy atom. The van der Waals surface area contributed by atoms with Crippen molar-refractivity contribution in [3.05, 3.63) is 84.0 Å². The van der Waals surface area contributed by atoms with E-state index in [1.807, 2.05) is 0 Å². The fourth-order valence-electron chi connectivity index (χ4n) is 11.6. The van der Waals surface area contributed by atoms with Gasteiger partial charge in [-0.05, 0) is 113 Å². The second-order valence-corrected chi connectivity index (χ2v) is 24.9. The maximum atomic E-state index is 5.51. The maximum Gasteiger partial charge on any atom is 0.135 e. The van der Waals surface area contributed by atoms with Crippen molar-refractivity contribution in [1.82, 2.24) is 0 Å². The standard InChI is InChI=1S/C79H134N2.Ni/c1-5-9-13-16-19-22-24-26-28-30-32-34-36-38-40-42-44-46-48-51-53-56-59-66-74-68-62-64-71-76(74)80-78(70-12-8-4)79(73-61-58-55-50-21-18-15-11-7-3)81-77-72-65-63-69-75(77)67-60-57-54-52-49-47-45-43-41-39-37-35-33-31-29-27-25-23-20-17-14-10-6-2;/h51-54,62-65,68-69,71-72H,5-50,55-60,66-67,70H2,1-4H3;/b53-51+,54-52+,80-78+,81-79-;. The Kier molecular flexibility index (Phi) is 59.3. The zero-order valence-electron chi connectivity index (χ0n) is 55.0. The molecule has 2 aromatic carbocycles. The first kappa shape index (κ1) is 77.3. The van der Waals surface area contributed by atoms with Crippen LogP contribution in [0.25, 0.3) is 0 Å². The number of hydrogen-bond acceptors (Lipinski definition) is 2. The molecule has 3 heteroatoms. The minimum absolute atomic E-state index is 0. The number of benzene rings is 2. The van der Waals surface area contributed by atoms with E-state index in [-0.39, 0.29) is 16.5 Å². The van der Waals surface area contributed by atoms with Crippen molar-refractivity contribution in [1.29, 1.82) is 0 Å². The van der Waals surface area contributed by atoms with E-state index in [1.54, 1.807) is 0 Å². The minimum Gasteiger partial charge on any atom is -0.250 e. The number of aryl methyl sites for hydroxylation is 2. The van der Waals surface area contributed by atoms with E-state index in [9.17, 15) is 0 Å². The molecule has 470 valence electrons. The molecular weight excluding hydrogens is 1040 g/mol. The van der Waals surface area contributed by atoms with Crippen LogP contribution < -0.4 is 0 Å². The summed E-state index contributed by atoms with van der Waals surface area (Å²) >= 11 is 0. The summed E-state index contributed by atoms with van der Waals surface area (Å²) in [7, 11) is 0. The van der Waals surface area contributed by atoms with Gasteiger partial charge in [-0.25, -0.2) is 4.99 Å². The van der Waals surface area contributed by atoms with Gasteiger partial charge in [0.1, 0.15) is 5.71 Å². The first-order chi connectivity index (χ1) is 40.2. The predicted octanol–water partition coefficient (Wildman–Crippen LogP) is 27.5. The fraction of sp³-hybridized carbons (Fsp3) is 0.747. The quantitative estimate of drug-likeness (QED) is 0.0207. The number of nitrogens with zero attached hydrogens (tertiary/aromatic N) is 2. The van der Waals surface area contributed by atoms with Gasteiger partial charge in [0.05, 0.1) is 17.1 Å². The SMILES string of the molecule is CCCCCCCCCC#CC(=N/c1ccccc1CCC/C=C/CCCCCCCCCCCCCCCCCCCC)/C(CCCC)=N/c1ccccc1CCC/C=C/CCCCCCCCCCCCCCCCCCCC.[Ni]. The molecule has 0 N–H and O–H groups in total. The molecule has 0 saturated carbocycles. The Balaban J connectivity index is 0.0000336. The molecule has 82 heavy (non-hydrogen) atoms. The van der Waals surface area contributed by atoms with Crippen LogP contribution in [-0.4, -0.2) is 11.4 Å². The molecule has 0 spiro atoms. The van der Waals surface area contributed by atoms with Crippen molar-refractivity contribution in [3.63, 3.8) is 0 Å². The van der Waals surface area contributed by atoms with Crippen LogP contribution in [0.4, 0.5) is 11.4 Å². The third kappa shape index (κ3) is 48.5. The first-order valence-electron chi connectivity index (χ1n) is 36.3. The van der Waals surface area contributed by atoms with Crippen LogP contribution in [0.2, 0.25) is 0 Å². The van der Waals surface area contributed by atoms with Crippen LogP contribution in [0.15, 0.2) is 82.8 Å². The molecule has 0 atom stereocenters. The summed E-state index contributed by atoms with van der Waals surface area (Å²) in [5, 5.41) is 0. The van der Waals surface area contributed by atoms with Gasteiger partial charge in [0, 0.05) is 22.9 Å². The molecular formula is C79H134N2Ni. The number of hydrogen-bond donors (Lipinski definition) is 0. The van der Waals surface area contributed by atoms with E-state index in [1.165, 1.54) is 294 Å². The summed E-state index contributed by atoms with van der Waals surface area (Å²) in [4.78, 5) is 11.0. The van der Waals surface area contributed by atoms with E-state index >= 15 is 0 Å². The average Bonchev–Trinajstić information content (AvgIpc) is 3.48. The summed E-state index contributed by atoms with van der Waals surface area (Å²) in [5.41, 5.74) is 6.75. The van der Waals surface area contributed by atoms with Crippen LogP contribution in [0, 0.1) is 11.8 Å². The van der Waals surface area contributed by atoms with Crippen molar-refractivity contribution in [2.75, 3.05) is 0 Å². The third-order valence-corrected chi connectivity index (χ3v) is 17.0. The summed E-state index contributed by atoms with van der Waals surface area (Å²) in [6.07, 6.45) is 83.6. The largest absolute Gasteiger partial charge is 0.250 e. The molecule has 0 aromatic heterocycles. The van der Waals surface area contributed by atoms with Gasteiger partial charge in [-0.1, -0.05) is 358 Å². The smallest absolute Gasteiger partial charge is 0.135 e. The summed E-state index contributed by atoms with van der Waals surface area (Å²) in [6, 6.07) is 17.7. The fourth-order valence-corrected chi connectivity index (χ4v) is 11.6. The van der Waals surface area contributed by atoms with E-state index in [4.69, 9.17) is 9.98 Å². The van der Waals surface area contributed by atoms with Gasteiger partial charge in [-0.15, -0.1) is 0 Å². The van der Waals surface area contributed by atoms with Crippen LogP contribution in [-0.2, 0) is 29.3 Å². The van der Waals surface area contributed by atoms with Crippen LogP contribution in [0.3, 0.4) is 0 Å². The minimum atomic E-state index is 0. The topological polar surface area (TPSA) is 24.7 Å². The normalized spacial score (nSPS) is 12.0. The second kappa shape index (κ2) is 62.8. The molecule has 0 saturated heterocycles. The number of unbranched alkanes of at least 4 members (excludes halogenated alkanes) is 46. The molecule has 2 aromatic rings. The molecule has 0 heterocycles. The predicted molar refractivity (Wildman–Crippen MR) is 368 cm³/mol. The number of para-hydroxylation sites is 2.